The molecule has 0 saturated carbocycles. The van der Waals surface area contributed by atoms with Crippen molar-refractivity contribution in [3.8, 4) is 5.75 Å². The highest BCUT2D eigenvalue weighted by molar-refractivity contribution is 5.94. The number of aryl methyl sites for hydroxylation is 1. The molecule has 3 rings (SSSR count). The van der Waals surface area contributed by atoms with Crippen molar-refractivity contribution in [3.05, 3.63) is 65.6 Å². The summed E-state index contributed by atoms with van der Waals surface area (Å²) in [4.78, 5) is 16.7. The summed E-state index contributed by atoms with van der Waals surface area (Å²) in [5.74, 6) is 0.715. The zero-order valence-corrected chi connectivity index (χ0v) is 14.0. The molecule has 3 aromatic rings. The Morgan fingerprint density at radius 3 is 2.96 bits per heavy atom. The molecule has 0 atom stereocenters. The fraction of sp³-hybridized carbons (Fsp3) is 0.263. The van der Waals surface area contributed by atoms with E-state index in [9.17, 15) is 4.79 Å². The Bertz CT molecular complexity index is 855. The van der Waals surface area contributed by atoms with Crippen LogP contribution >= 0.6 is 0 Å². The number of benzene rings is 1. The molecule has 0 aliphatic heterocycles. The number of rotatable bonds is 6. The van der Waals surface area contributed by atoms with Crippen molar-refractivity contribution in [1.29, 1.82) is 0 Å². The van der Waals surface area contributed by atoms with Crippen LogP contribution in [-0.2, 0) is 6.42 Å². The number of hydrogen-bond acceptors (Lipinski definition) is 3. The number of nitrogens with one attached hydrogen (secondary N) is 1. The van der Waals surface area contributed by atoms with Gasteiger partial charge in [-0.1, -0.05) is 17.7 Å². The predicted octanol–water partition coefficient (Wildman–Crippen LogP) is 3.01. The minimum absolute atomic E-state index is 0.0579. The van der Waals surface area contributed by atoms with Crippen molar-refractivity contribution < 1.29 is 9.53 Å². The zero-order chi connectivity index (χ0) is 16.9. The molecule has 1 amide bonds. The van der Waals surface area contributed by atoms with E-state index in [4.69, 9.17) is 4.74 Å². The van der Waals surface area contributed by atoms with Crippen LogP contribution in [0.25, 0.3) is 5.65 Å². The van der Waals surface area contributed by atoms with Crippen LogP contribution in [0, 0.1) is 6.92 Å². The zero-order valence-electron chi connectivity index (χ0n) is 14.0. The van der Waals surface area contributed by atoms with Crippen LogP contribution in [0.5, 0.6) is 5.75 Å². The fourth-order valence-corrected chi connectivity index (χ4v) is 2.62. The summed E-state index contributed by atoms with van der Waals surface area (Å²) in [5, 5.41) is 2.94. The van der Waals surface area contributed by atoms with Gasteiger partial charge >= 0.3 is 0 Å². The van der Waals surface area contributed by atoms with Gasteiger partial charge < -0.3 is 14.5 Å². The van der Waals surface area contributed by atoms with Crippen LogP contribution in [0.3, 0.4) is 0 Å². The monoisotopic (exact) mass is 323 g/mol. The van der Waals surface area contributed by atoms with E-state index in [1.54, 1.807) is 0 Å². The van der Waals surface area contributed by atoms with Crippen LogP contribution in [0.1, 0.15) is 28.5 Å². The highest BCUT2D eigenvalue weighted by Gasteiger charge is 2.08. The van der Waals surface area contributed by atoms with Gasteiger partial charge in [0.15, 0.2) is 11.4 Å². The van der Waals surface area contributed by atoms with Crippen LogP contribution < -0.4 is 10.1 Å². The summed E-state index contributed by atoms with van der Waals surface area (Å²) in [6.45, 7) is 5.08. The SMILES string of the molecule is CCOc1cccn2cc(CCNC(=O)c3cccc(C)c3)nc12. The third-order valence-electron chi connectivity index (χ3n) is 3.74. The van der Waals surface area contributed by atoms with E-state index in [0.29, 0.717) is 25.1 Å². The molecule has 0 saturated heterocycles. The first kappa shape index (κ1) is 16.1. The van der Waals surface area contributed by atoms with Crippen molar-refractivity contribution >= 4 is 11.6 Å². The Kier molecular flexibility index (Phi) is 4.79. The lowest BCUT2D eigenvalue weighted by Gasteiger charge is -2.04. The van der Waals surface area contributed by atoms with Crippen molar-refractivity contribution in [2.45, 2.75) is 20.3 Å². The third kappa shape index (κ3) is 3.56. The van der Waals surface area contributed by atoms with E-state index < -0.39 is 0 Å². The van der Waals surface area contributed by atoms with Crippen molar-refractivity contribution in [3.63, 3.8) is 0 Å². The molecule has 1 aromatic carbocycles. The third-order valence-corrected chi connectivity index (χ3v) is 3.74. The molecule has 1 N–H and O–H groups in total. The molecule has 124 valence electrons. The molecule has 2 heterocycles. The van der Waals surface area contributed by atoms with Gasteiger partial charge in [-0.15, -0.1) is 0 Å². The quantitative estimate of drug-likeness (QED) is 0.758. The van der Waals surface area contributed by atoms with Crippen LogP contribution in [0.4, 0.5) is 0 Å². The standard InChI is InChI=1S/C19H21N3O2/c1-3-24-17-8-5-11-22-13-16(21-18(17)22)9-10-20-19(23)15-7-4-6-14(2)12-15/h4-8,11-13H,3,9-10H2,1-2H3,(H,20,23). The number of carbonyl (C=O) groups excluding carboxylic acids is 1. The molecule has 2 aromatic heterocycles. The fourth-order valence-electron chi connectivity index (χ4n) is 2.62. The lowest BCUT2D eigenvalue weighted by atomic mass is 10.1. The first-order valence-electron chi connectivity index (χ1n) is 8.11. The minimum Gasteiger partial charge on any atom is -0.490 e. The van der Waals surface area contributed by atoms with Gasteiger partial charge in [0.1, 0.15) is 0 Å². The van der Waals surface area contributed by atoms with Gasteiger partial charge in [-0.25, -0.2) is 4.98 Å². The van der Waals surface area contributed by atoms with Crippen molar-refractivity contribution in [2.75, 3.05) is 13.2 Å². The van der Waals surface area contributed by atoms with Gasteiger partial charge in [0.05, 0.1) is 12.3 Å². The van der Waals surface area contributed by atoms with Crippen LogP contribution in [-0.4, -0.2) is 28.4 Å². The topological polar surface area (TPSA) is 55.6 Å². The number of pyridine rings is 1. The highest BCUT2D eigenvalue weighted by atomic mass is 16.5. The molecule has 5 heteroatoms. The summed E-state index contributed by atoms with van der Waals surface area (Å²) >= 11 is 0. The summed E-state index contributed by atoms with van der Waals surface area (Å²) in [7, 11) is 0. The number of ether oxygens (including phenoxy) is 1. The lowest BCUT2D eigenvalue weighted by Crippen LogP contribution is -2.25. The van der Waals surface area contributed by atoms with Gasteiger partial charge in [-0.3, -0.25) is 4.79 Å². The summed E-state index contributed by atoms with van der Waals surface area (Å²) in [6.07, 6.45) is 4.58. The largest absolute Gasteiger partial charge is 0.490 e. The molecule has 0 bridgehead atoms. The van der Waals surface area contributed by atoms with Crippen LogP contribution in [0.2, 0.25) is 0 Å². The summed E-state index contributed by atoms with van der Waals surface area (Å²) in [5.41, 5.74) is 3.49. The second kappa shape index (κ2) is 7.17. The molecule has 0 unspecified atom stereocenters. The number of amides is 1. The minimum atomic E-state index is -0.0579. The molecular formula is C19H21N3O2. The van der Waals surface area contributed by atoms with Crippen molar-refractivity contribution in [1.82, 2.24) is 14.7 Å². The maximum absolute atomic E-state index is 12.1. The Labute approximate surface area is 141 Å². The Balaban J connectivity index is 1.63. The first-order chi connectivity index (χ1) is 11.7. The predicted molar refractivity (Wildman–Crippen MR) is 93.6 cm³/mol. The number of nitrogens with zero attached hydrogens (tertiary/aromatic N) is 2. The van der Waals surface area contributed by atoms with Crippen molar-refractivity contribution in [2.24, 2.45) is 0 Å². The van der Waals surface area contributed by atoms with E-state index in [1.807, 2.05) is 67.0 Å². The number of aromatic nitrogens is 2. The Hall–Kier alpha value is -2.82. The molecule has 5 nitrogen and oxygen atoms in total. The molecule has 0 fully saturated rings. The second-order valence-electron chi connectivity index (χ2n) is 5.64. The first-order valence-corrected chi connectivity index (χ1v) is 8.11. The van der Waals surface area contributed by atoms with Gasteiger partial charge in [-0.2, -0.15) is 0 Å². The molecular weight excluding hydrogens is 302 g/mol. The molecule has 24 heavy (non-hydrogen) atoms. The molecule has 0 aliphatic rings. The average Bonchev–Trinajstić information content (AvgIpc) is 2.99. The van der Waals surface area contributed by atoms with E-state index in [2.05, 4.69) is 10.3 Å². The second-order valence-corrected chi connectivity index (χ2v) is 5.64. The molecule has 0 spiro atoms. The van der Waals surface area contributed by atoms with Gasteiger partial charge in [-0.05, 0) is 38.1 Å². The molecule has 0 aliphatic carbocycles. The Morgan fingerprint density at radius 2 is 2.17 bits per heavy atom. The normalized spacial score (nSPS) is 10.8. The van der Waals surface area contributed by atoms with Gasteiger partial charge in [0.2, 0.25) is 0 Å². The van der Waals surface area contributed by atoms with Gasteiger partial charge in [0, 0.05) is 30.9 Å². The van der Waals surface area contributed by atoms with Crippen LogP contribution in [0.15, 0.2) is 48.8 Å². The highest BCUT2D eigenvalue weighted by Crippen LogP contribution is 2.19. The maximum Gasteiger partial charge on any atom is 0.251 e. The maximum atomic E-state index is 12.1. The van der Waals surface area contributed by atoms with E-state index in [1.165, 1.54) is 0 Å². The molecule has 0 radical (unpaired) electrons. The average molecular weight is 323 g/mol. The van der Waals surface area contributed by atoms with Gasteiger partial charge in [0.25, 0.3) is 5.91 Å². The van der Waals surface area contributed by atoms with E-state index in [-0.39, 0.29) is 5.91 Å². The lowest BCUT2D eigenvalue weighted by molar-refractivity contribution is 0.0954. The van der Waals surface area contributed by atoms with E-state index in [0.717, 1.165) is 22.7 Å². The smallest absolute Gasteiger partial charge is 0.251 e. The van der Waals surface area contributed by atoms with E-state index >= 15 is 0 Å². The summed E-state index contributed by atoms with van der Waals surface area (Å²) < 4.78 is 7.54. The Morgan fingerprint density at radius 1 is 1.29 bits per heavy atom. The summed E-state index contributed by atoms with van der Waals surface area (Å²) in [6, 6.07) is 11.4. The number of carbonyl (C=O) groups is 1. The number of fused-ring (bicyclic) bond motifs is 1. The number of hydrogen-bond donors (Lipinski definition) is 1. The number of imidazole rings is 1.